The minimum Gasteiger partial charge on any atom is -0.370 e. The third-order valence-corrected chi connectivity index (χ3v) is 2.12. The fourth-order valence-electron chi connectivity index (χ4n) is 1.40. The van der Waals surface area contributed by atoms with Crippen molar-refractivity contribution in [3.8, 4) is 0 Å². The summed E-state index contributed by atoms with van der Waals surface area (Å²) in [4.78, 5) is 6.66. The van der Waals surface area contributed by atoms with Gasteiger partial charge in [0.15, 0.2) is 5.96 Å². The van der Waals surface area contributed by atoms with E-state index in [2.05, 4.69) is 42.9 Å². The van der Waals surface area contributed by atoms with Gasteiger partial charge in [0.2, 0.25) is 0 Å². The zero-order valence-corrected chi connectivity index (χ0v) is 13.3. The topological polar surface area (TPSA) is 53.6 Å². The Labute approximate surface area is 117 Å². The minimum absolute atomic E-state index is 0. The minimum atomic E-state index is 0. The summed E-state index contributed by atoms with van der Waals surface area (Å²) in [5, 5.41) is 3.08. The number of halogens is 1. The van der Waals surface area contributed by atoms with Crippen LogP contribution in [0.3, 0.4) is 0 Å². The number of likely N-dealkylation sites (N-methyl/N-ethyl adjacent to an activating group) is 1. The largest absolute Gasteiger partial charge is 0.370 e. The van der Waals surface area contributed by atoms with Gasteiger partial charge in [0.05, 0.1) is 6.54 Å². The predicted molar refractivity (Wildman–Crippen MR) is 82.6 cm³/mol. The van der Waals surface area contributed by atoms with Gasteiger partial charge in [-0.05, 0) is 33.4 Å². The Bertz CT molecular complexity index is 183. The SMILES string of the molecule is CCCN(CC)CCN=C(N)NC(C)C.I. The molecule has 0 aromatic carbocycles. The van der Waals surface area contributed by atoms with Crippen LogP contribution in [0.25, 0.3) is 0 Å². The summed E-state index contributed by atoms with van der Waals surface area (Å²) in [7, 11) is 0. The quantitative estimate of drug-likeness (QED) is 0.420. The Balaban J connectivity index is 0. The van der Waals surface area contributed by atoms with Gasteiger partial charge in [-0.3, -0.25) is 4.99 Å². The molecule has 0 saturated carbocycles. The van der Waals surface area contributed by atoms with Gasteiger partial charge in [0, 0.05) is 12.6 Å². The summed E-state index contributed by atoms with van der Waals surface area (Å²) in [5.41, 5.74) is 5.70. The molecule has 0 rings (SSSR count). The van der Waals surface area contributed by atoms with Crippen LogP contribution in [-0.2, 0) is 0 Å². The maximum atomic E-state index is 5.70. The molecule has 5 heteroatoms. The van der Waals surface area contributed by atoms with E-state index in [0.29, 0.717) is 12.0 Å². The van der Waals surface area contributed by atoms with Gasteiger partial charge in [0.1, 0.15) is 0 Å². The number of nitrogens with one attached hydrogen (secondary N) is 1. The average Bonchev–Trinajstić information content (AvgIpc) is 2.15. The van der Waals surface area contributed by atoms with Crippen LogP contribution in [0.5, 0.6) is 0 Å². The van der Waals surface area contributed by atoms with Gasteiger partial charge in [-0.2, -0.15) is 0 Å². The van der Waals surface area contributed by atoms with E-state index in [0.717, 1.165) is 26.2 Å². The first-order valence-corrected chi connectivity index (χ1v) is 5.88. The van der Waals surface area contributed by atoms with E-state index < -0.39 is 0 Å². The number of nitrogens with two attached hydrogens (primary N) is 1. The van der Waals surface area contributed by atoms with E-state index in [-0.39, 0.29) is 24.0 Å². The van der Waals surface area contributed by atoms with Crippen LogP contribution in [0, 0.1) is 0 Å². The third-order valence-electron chi connectivity index (χ3n) is 2.12. The summed E-state index contributed by atoms with van der Waals surface area (Å²) in [6.45, 7) is 12.5. The Hall–Kier alpha value is -0.0400. The Morgan fingerprint density at radius 3 is 2.38 bits per heavy atom. The lowest BCUT2D eigenvalue weighted by Gasteiger charge is -2.18. The highest BCUT2D eigenvalue weighted by Crippen LogP contribution is 1.90. The van der Waals surface area contributed by atoms with Crippen molar-refractivity contribution in [2.45, 2.75) is 40.2 Å². The van der Waals surface area contributed by atoms with Crippen molar-refractivity contribution >= 4 is 29.9 Å². The summed E-state index contributed by atoms with van der Waals surface area (Å²) in [6.07, 6.45) is 1.19. The van der Waals surface area contributed by atoms with Crippen molar-refractivity contribution in [3.63, 3.8) is 0 Å². The maximum absolute atomic E-state index is 5.70. The molecule has 16 heavy (non-hydrogen) atoms. The molecule has 0 saturated heterocycles. The second-order valence-corrected chi connectivity index (χ2v) is 4.00. The Morgan fingerprint density at radius 1 is 1.31 bits per heavy atom. The van der Waals surface area contributed by atoms with E-state index in [1.165, 1.54) is 6.42 Å². The highest BCUT2D eigenvalue weighted by Gasteiger charge is 1.99. The molecule has 0 aromatic heterocycles. The lowest BCUT2D eigenvalue weighted by molar-refractivity contribution is 0.297. The zero-order chi connectivity index (χ0) is 11.7. The number of hydrogen-bond acceptors (Lipinski definition) is 2. The summed E-state index contributed by atoms with van der Waals surface area (Å²) >= 11 is 0. The molecule has 3 N–H and O–H groups in total. The Kier molecular flexibility index (Phi) is 13.1. The number of nitrogens with zero attached hydrogens (tertiary/aromatic N) is 2. The van der Waals surface area contributed by atoms with Crippen molar-refractivity contribution in [2.75, 3.05) is 26.2 Å². The van der Waals surface area contributed by atoms with Crippen LogP contribution in [0.15, 0.2) is 4.99 Å². The summed E-state index contributed by atoms with van der Waals surface area (Å²) < 4.78 is 0. The molecule has 0 amide bonds. The average molecular weight is 342 g/mol. The van der Waals surface area contributed by atoms with E-state index in [1.807, 2.05) is 0 Å². The van der Waals surface area contributed by atoms with Crippen LogP contribution in [0.4, 0.5) is 0 Å². The van der Waals surface area contributed by atoms with Crippen molar-refractivity contribution in [1.29, 1.82) is 0 Å². The van der Waals surface area contributed by atoms with Gasteiger partial charge < -0.3 is 16.0 Å². The second-order valence-electron chi connectivity index (χ2n) is 4.00. The van der Waals surface area contributed by atoms with E-state index in [1.54, 1.807) is 0 Å². The number of hydrogen-bond donors (Lipinski definition) is 2. The molecule has 0 aliphatic rings. The molecule has 0 heterocycles. The van der Waals surface area contributed by atoms with Crippen molar-refractivity contribution in [1.82, 2.24) is 10.2 Å². The van der Waals surface area contributed by atoms with Crippen molar-refractivity contribution in [2.24, 2.45) is 10.7 Å². The lowest BCUT2D eigenvalue weighted by Crippen LogP contribution is -2.37. The number of guanidine groups is 1. The molecule has 0 aliphatic heterocycles. The smallest absolute Gasteiger partial charge is 0.188 e. The molecular weight excluding hydrogens is 315 g/mol. The number of aliphatic imine (C=N–C) groups is 1. The van der Waals surface area contributed by atoms with Gasteiger partial charge in [-0.25, -0.2) is 0 Å². The molecule has 0 fully saturated rings. The molecular formula is C11H27IN4. The molecule has 0 spiro atoms. The van der Waals surface area contributed by atoms with E-state index >= 15 is 0 Å². The first-order chi connectivity index (χ1) is 7.10. The molecule has 0 aromatic rings. The third kappa shape index (κ3) is 10.5. The highest BCUT2D eigenvalue weighted by atomic mass is 127. The first kappa shape index (κ1) is 18.3. The molecule has 0 aliphatic carbocycles. The van der Waals surface area contributed by atoms with Crippen LogP contribution < -0.4 is 11.1 Å². The normalized spacial score (nSPS) is 11.8. The fraction of sp³-hybridized carbons (Fsp3) is 0.909. The van der Waals surface area contributed by atoms with Gasteiger partial charge >= 0.3 is 0 Å². The molecule has 0 bridgehead atoms. The Morgan fingerprint density at radius 2 is 1.94 bits per heavy atom. The highest BCUT2D eigenvalue weighted by molar-refractivity contribution is 14.0. The molecule has 0 radical (unpaired) electrons. The monoisotopic (exact) mass is 342 g/mol. The molecule has 0 unspecified atom stereocenters. The predicted octanol–water partition coefficient (Wildman–Crippen LogP) is 1.65. The summed E-state index contributed by atoms with van der Waals surface area (Å²) in [6, 6.07) is 0.353. The van der Waals surface area contributed by atoms with Gasteiger partial charge in [-0.1, -0.05) is 13.8 Å². The van der Waals surface area contributed by atoms with Crippen LogP contribution in [0.2, 0.25) is 0 Å². The maximum Gasteiger partial charge on any atom is 0.188 e. The van der Waals surface area contributed by atoms with Crippen LogP contribution >= 0.6 is 24.0 Å². The van der Waals surface area contributed by atoms with Crippen molar-refractivity contribution in [3.05, 3.63) is 0 Å². The summed E-state index contributed by atoms with van der Waals surface area (Å²) in [5.74, 6) is 0.553. The van der Waals surface area contributed by atoms with Crippen molar-refractivity contribution < 1.29 is 0 Å². The van der Waals surface area contributed by atoms with Crippen LogP contribution in [-0.4, -0.2) is 43.1 Å². The molecule has 98 valence electrons. The zero-order valence-electron chi connectivity index (χ0n) is 11.0. The fourth-order valence-corrected chi connectivity index (χ4v) is 1.40. The van der Waals surface area contributed by atoms with E-state index in [4.69, 9.17) is 5.73 Å². The van der Waals surface area contributed by atoms with Crippen LogP contribution in [0.1, 0.15) is 34.1 Å². The molecule has 4 nitrogen and oxygen atoms in total. The second kappa shape index (κ2) is 11.4. The molecule has 0 atom stereocenters. The lowest BCUT2D eigenvalue weighted by atomic mass is 10.4. The van der Waals surface area contributed by atoms with Gasteiger partial charge in [-0.15, -0.1) is 24.0 Å². The van der Waals surface area contributed by atoms with Gasteiger partial charge in [0.25, 0.3) is 0 Å². The van der Waals surface area contributed by atoms with E-state index in [9.17, 15) is 0 Å². The first-order valence-electron chi connectivity index (χ1n) is 5.88. The number of rotatable bonds is 7. The standard InChI is InChI=1S/C11H26N4.HI/c1-5-8-15(6-2)9-7-13-11(12)14-10(3)4;/h10H,5-9H2,1-4H3,(H3,12,13,14);1H.